The van der Waals surface area contributed by atoms with Crippen LogP contribution < -0.4 is 15.2 Å². The lowest BCUT2D eigenvalue weighted by Crippen LogP contribution is -2.24. The van der Waals surface area contributed by atoms with Gasteiger partial charge in [-0.25, -0.2) is 9.18 Å². The van der Waals surface area contributed by atoms with Crippen LogP contribution in [-0.4, -0.2) is 26.2 Å². The van der Waals surface area contributed by atoms with Crippen molar-refractivity contribution in [3.63, 3.8) is 0 Å². The molecule has 1 aromatic heterocycles. The Labute approximate surface area is 155 Å². The summed E-state index contributed by atoms with van der Waals surface area (Å²) in [6.45, 7) is 1.22. The summed E-state index contributed by atoms with van der Waals surface area (Å²) in [5.41, 5.74) is -0.207. The van der Waals surface area contributed by atoms with Crippen LogP contribution in [0.25, 0.3) is 5.69 Å². The molecule has 3 rings (SSSR count). The van der Waals surface area contributed by atoms with Gasteiger partial charge < -0.3 is 9.47 Å². The average Bonchev–Trinajstić information content (AvgIpc) is 2.94. The van der Waals surface area contributed by atoms with E-state index in [1.807, 2.05) is 0 Å². The molecule has 0 radical (unpaired) electrons. The van der Waals surface area contributed by atoms with Crippen molar-refractivity contribution in [1.29, 1.82) is 0 Å². The first-order chi connectivity index (χ1) is 13.2. The molecule has 3 aromatic rings. The number of halogens is 4. The SMILES string of the molecule is Cc1ccc(F)cc1OCc1c(OC(F)(F)F)cccc1-n1nnn(C)c1=O. The van der Waals surface area contributed by atoms with E-state index in [9.17, 15) is 22.4 Å². The summed E-state index contributed by atoms with van der Waals surface area (Å²) in [6, 6.07) is 7.53. The number of nitrogens with zero attached hydrogens (tertiary/aromatic N) is 4. The maximum absolute atomic E-state index is 13.5. The minimum atomic E-state index is -4.96. The fourth-order valence-corrected chi connectivity index (χ4v) is 2.46. The van der Waals surface area contributed by atoms with Crippen molar-refractivity contribution in [2.45, 2.75) is 19.9 Å². The lowest BCUT2D eigenvalue weighted by atomic mass is 10.1. The standard InChI is InChI=1S/C17H14F4N4O3/c1-10-6-7-11(18)8-15(10)27-9-12-13(25-16(26)24(2)22-23-25)4-3-5-14(12)28-17(19,20)21/h3-8H,9H2,1-2H3. The molecule has 148 valence electrons. The number of tetrazole rings is 1. The molecule has 7 nitrogen and oxygen atoms in total. The number of aryl methyl sites for hydroxylation is 2. The molecule has 0 bridgehead atoms. The molecule has 0 amide bonds. The number of benzene rings is 2. The summed E-state index contributed by atoms with van der Waals surface area (Å²) in [5, 5.41) is 7.18. The Morgan fingerprint density at radius 1 is 1.11 bits per heavy atom. The topological polar surface area (TPSA) is 71.2 Å². The van der Waals surface area contributed by atoms with Crippen LogP contribution in [-0.2, 0) is 13.7 Å². The van der Waals surface area contributed by atoms with Gasteiger partial charge in [-0.05, 0) is 41.1 Å². The second-order valence-corrected chi connectivity index (χ2v) is 5.80. The van der Waals surface area contributed by atoms with Crippen LogP contribution in [0.2, 0.25) is 0 Å². The molecular weight excluding hydrogens is 384 g/mol. The van der Waals surface area contributed by atoms with E-state index in [-0.39, 0.29) is 17.0 Å². The minimum Gasteiger partial charge on any atom is -0.488 e. The van der Waals surface area contributed by atoms with Gasteiger partial charge in [-0.3, -0.25) is 0 Å². The summed E-state index contributed by atoms with van der Waals surface area (Å²) in [6.07, 6.45) is -4.96. The molecule has 0 unspecified atom stereocenters. The van der Waals surface area contributed by atoms with Gasteiger partial charge in [0, 0.05) is 13.1 Å². The van der Waals surface area contributed by atoms with E-state index in [4.69, 9.17) is 4.74 Å². The Hall–Kier alpha value is -3.37. The van der Waals surface area contributed by atoms with Crippen LogP contribution in [0.15, 0.2) is 41.2 Å². The molecule has 0 saturated heterocycles. The number of rotatable bonds is 5. The molecule has 28 heavy (non-hydrogen) atoms. The highest BCUT2D eigenvalue weighted by atomic mass is 19.4. The molecule has 0 aliphatic rings. The van der Waals surface area contributed by atoms with Gasteiger partial charge in [-0.2, -0.15) is 9.36 Å². The van der Waals surface area contributed by atoms with E-state index in [0.717, 1.165) is 21.5 Å². The third-order valence-corrected chi connectivity index (χ3v) is 3.81. The molecular formula is C17H14F4N4O3. The van der Waals surface area contributed by atoms with Crippen molar-refractivity contribution in [2.75, 3.05) is 0 Å². The first kappa shape index (κ1) is 19.4. The van der Waals surface area contributed by atoms with Crippen molar-refractivity contribution in [1.82, 2.24) is 19.8 Å². The second kappa shape index (κ2) is 7.33. The summed E-state index contributed by atoms with van der Waals surface area (Å²) in [7, 11) is 1.34. The van der Waals surface area contributed by atoms with Crippen molar-refractivity contribution in [2.24, 2.45) is 7.05 Å². The lowest BCUT2D eigenvalue weighted by molar-refractivity contribution is -0.275. The molecule has 11 heteroatoms. The number of ether oxygens (including phenoxy) is 2. The number of alkyl halides is 3. The van der Waals surface area contributed by atoms with E-state index in [2.05, 4.69) is 15.2 Å². The summed E-state index contributed by atoms with van der Waals surface area (Å²) < 4.78 is 63.2. The third kappa shape index (κ3) is 4.13. The zero-order valence-electron chi connectivity index (χ0n) is 14.7. The van der Waals surface area contributed by atoms with Gasteiger partial charge >= 0.3 is 12.1 Å². The van der Waals surface area contributed by atoms with Crippen LogP contribution in [0.4, 0.5) is 17.6 Å². The Bertz CT molecular complexity index is 1060. The highest BCUT2D eigenvalue weighted by molar-refractivity contribution is 5.49. The van der Waals surface area contributed by atoms with Crippen molar-refractivity contribution in [3.8, 4) is 17.2 Å². The molecule has 0 spiro atoms. The van der Waals surface area contributed by atoms with Gasteiger partial charge in [-0.1, -0.05) is 12.1 Å². The molecule has 2 aromatic carbocycles. The zero-order valence-corrected chi connectivity index (χ0v) is 14.7. The number of aromatic nitrogens is 4. The van der Waals surface area contributed by atoms with Crippen molar-refractivity contribution < 1.29 is 27.0 Å². The van der Waals surface area contributed by atoms with Gasteiger partial charge in [0.15, 0.2) is 0 Å². The minimum absolute atomic E-state index is 0.00564. The molecule has 0 aliphatic heterocycles. The molecule has 0 atom stereocenters. The predicted octanol–water partition coefficient (Wildman–Crippen LogP) is 2.89. The Morgan fingerprint density at radius 3 is 2.50 bits per heavy atom. The van der Waals surface area contributed by atoms with Crippen LogP contribution in [0.3, 0.4) is 0 Å². The fraction of sp³-hybridized carbons (Fsp3) is 0.235. The Kier molecular flexibility index (Phi) is 5.08. The predicted molar refractivity (Wildman–Crippen MR) is 88.8 cm³/mol. The number of hydrogen-bond donors (Lipinski definition) is 0. The molecule has 1 heterocycles. The van der Waals surface area contributed by atoms with Crippen LogP contribution >= 0.6 is 0 Å². The highest BCUT2D eigenvalue weighted by Crippen LogP contribution is 2.31. The van der Waals surface area contributed by atoms with Crippen LogP contribution in [0.1, 0.15) is 11.1 Å². The largest absolute Gasteiger partial charge is 0.573 e. The van der Waals surface area contributed by atoms with Crippen molar-refractivity contribution >= 4 is 0 Å². The lowest BCUT2D eigenvalue weighted by Gasteiger charge is -2.17. The van der Waals surface area contributed by atoms with Crippen molar-refractivity contribution in [3.05, 3.63) is 63.8 Å². The molecule has 0 fully saturated rings. The van der Waals surface area contributed by atoms with Crippen LogP contribution in [0.5, 0.6) is 11.5 Å². The van der Waals surface area contributed by atoms with E-state index < -0.39 is 30.2 Å². The maximum Gasteiger partial charge on any atom is 0.573 e. The maximum atomic E-state index is 13.5. The summed E-state index contributed by atoms with van der Waals surface area (Å²) >= 11 is 0. The summed E-state index contributed by atoms with van der Waals surface area (Å²) in [5.74, 6) is -0.998. The van der Waals surface area contributed by atoms with Gasteiger partial charge in [-0.15, -0.1) is 13.2 Å². The van der Waals surface area contributed by atoms with Gasteiger partial charge in [0.1, 0.15) is 23.9 Å². The smallest absolute Gasteiger partial charge is 0.488 e. The van der Waals surface area contributed by atoms with E-state index in [1.54, 1.807) is 6.92 Å². The highest BCUT2D eigenvalue weighted by Gasteiger charge is 2.33. The van der Waals surface area contributed by atoms with E-state index >= 15 is 0 Å². The first-order valence-corrected chi connectivity index (χ1v) is 7.91. The molecule has 0 saturated carbocycles. The monoisotopic (exact) mass is 398 g/mol. The van der Waals surface area contributed by atoms with Gasteiger partial charge in [0.2, 0.25) is 0 Å². The second-order valence-electron chi connectivity index (χ2n) is 5.80. The molecule has 0 aliphatic carbocycles. The third-order valence-electron chi connectivity index (χ3n) is 3.81. The first-order valence-electron chi connectivity index (χ1n) is 7.91. The molecule has 0 N–H and O–H groups in total. The fourth-order valence-electron chi connectivity index (χ4n) is 2.46. The zero-order chi connectivity index (χ0) is 20.5. The van der Waals surface area contributed by atoms with E-state index in [1.165, 1.54) is 31.3 Å². The van der Waals surface area contributed by atoms with Crippen LogP contribution in [0, 0.1) is 12.7 Å². The Morgan fingerprint density at radius 2 is 1.86 bits per heavy atom. The Balaban J connectivity index is 2.06. The normalized spacial score (nSPS) is 11.5. The number of hydrogen-bond acceptors (Lipinski definition) is 5. The quantitative estimate of drug-likeness (QED) is 0.618. The van der Waals surface area contributed by atoms with Gasteiger partial charge in [0.05, 0.1) is 11.3 Å². The average molecular weight is 398 g/mol. The summed E-state index contributed by atoms with van der Waals surface area (Å²) in [4.78, 5) is 12.1. The van der Waals surface area contributed by atoms with Gasteiger partial charge in [0.25, 0.3) is 0 Å². The van der Waals surface area contributed by atoms with E-state index in [0.29, 0.717) is 5.56 Å².